The Morgan fingerprint density at radius 1 is 1.44 bits per heavy atom. The number of carbonyl (C=O) groups excluding carboxylic acids is 1. The number of ether oxygens (including phenoxy) is 1. The second kappa shape index (κ2) is 5.65. The highest BCUT2D eigenvalue weighted by Gasteiger charge is 2.30. The van der Waals surface area contributed by atoms with Gasteiger partial charge in [-0.1, -0.05) is 5.57 Å². The monoisotopic (exact) mass is 227 g/mol. The van der Waals surface area contributed by atoms with Gasteiger partial charge in [0.2, 0.25) is 5.91 Å². The maximum atomic E-state index is 11.3. The first-order valence-corrected chi connectivity index (χ1v) is 5.30. The van der Waals surface area contributed by atoms with Crippen molar-refractivity contribution in [2.24, 2.45) is 0 Å². The number of hydrogen-bond donors (Lipinski definition) is 2. The average Bonchev–Trinajstić information content (AvgIpc) is 2.61. The molecule has 0 aromatic rings. The number of carboxylic acids is 1. The fourth-order valence-corrected chi connectivity index (χ4v) is 1.57. The summed E-state index contributed by atoms with van der Waals surface area (Å²) in [6.07, 6.45) is 1.79. The van der Waals surface area contributed by atoms with Crippen molar-refractivity contribution in [3.05, 3.63) is 11.6 Å². The van der Waals surface area contributed by atoms with Gasteiger partial charge in [-0.05, 0) is 26.7 Å². The molecule has 1 saturated heterocycles. The lowest BCUT2D eigenvalue weighted by atomic mass is 10.2. The first-order chi connectivity index (χ1) is 7.49. The van der Waals surface area contributed by atoms with Crippen molar-refractivity contribution in [1.29, 1.82) is 0 Å². The average molecular weight is 227 g/mol. The van der Waals surface area contributed by atoms with Gasteiger partial charge in [0.05, 0.1) is 6.10 Å². The van der Waals surface area contributed by atoms with Crippen molar-refractivity contribution in [3.63, 3.8) is 0 Å². The van der Waals surface area contributed by atoms with Crippen LogP contribution in [0.2, 0.25) is 0 Å². The molecule has 2 N–H and O–H groups in total. The summed E-state index contributed by atoms with van der Waals surface area (Å²) in [6, 6.07) is 0. The molecule has 1 amide bonds. The standard InChI is InChI=1S/C11H17NO4/c1-7(2)5-10(13)12-6-8-3-4-9(16-8)11(14)15/h5,8-9H,3-4,6H2,1-2H3,(H,12,13)(H,14,15). The Hall–Kier alpha value is -1.36. The highest BCUT2D eigenvalue weighted by molar-refractivity contribution is 5.88. The van der Waals surface area contributed by atoms with E-state index in [-0.39, 0.29) is 12.0 Å². The summed E-state index contributed by atoms with van der Waals surface area (Å²) in [7, 11) is 0. The lowest BCUT2D eigenvalue weighted by molar-refractivity contribution is -0.149. The van der Waals surface area contributed by atoms with E-state index in [0.717, 1.165) is 5.57 Å². The van der Waals surface area contributed by atoms with Crippen LogP contribution in [0.25, 0.3) is 0 Å². The number of nitrogens with one attached hydrogen (secondary N) is 1. The maximum Gasteiger partial charge on any atom is 0.332 e. The van der Waals surface area contributed by atoms with Crippen LogP contribution in [-0.2, 0) is 14.3 Å². The van der Waals surface area contributed by atoms with Crippen LogP contribution >= 0.6 is 0 Å². The van der Waals surface area contributed by atoms with Gasteiger partial charge in [-0.15, -0.1) is 0 Å². The molecule has 90 valence electrons. The van der Waals surface area contributed by atoms with E-state index in [2.05, 4.69) is 5.32 Å². The van der Waals surface area contributed by atoms with Crippen molar-refractivity contribution >= 4 is 11.9 Å². The van der Waals surface area contributed by atoms with Crippen LogP contribution in [0.5, 0.6) is 0 Å². The van der Waals surface area contributed by atoms with Gasteiger partial charge in [-0.25, -0.2) is 4.79 Å². The van der Waals surface area contributed by atoms with Crippen LogP contribution in [0.15, 0.2) is 11.6 Å². The minimum Gasteiger partial charge on any atom is -0.479 e. The Balaban J connectivity index is 2.28. The molecule has 0 bridgehead atoms. The molecule has 0 saturated carbocycles. The van der Waals surface area contributed by atoms with E-state index in [1.54, 1.807) is 0 Å². The highest BCUT2D eigenvalue weighted by Crippen LogP contribution is 2.19. The van der Waals surface area contributed by atoms with E-state index < -0.39 is 12.1 Å². The normalized spacial score (nSPS) is 23.9. The van der Waals surface area contributed by atoms with Crippen molar-refractivity contribution in [1.82, 2.24) is 5.32 Å². The number of aliphatic carboxylic acids is 1. The zero-order valence-corrected chi connectivity index (χ0v) is 9.53. The summed E-state index contributed by atoms with van der Waals surface area (Å²) in [4.78, 5) is 21.9. The predicted octanol–water partition coefficient (Wildman–Crippen LogP) is 0.701. The molecule has 2 unspecified atom stereocenters. The fourth-order valence-electron chi connectivity index (χ4n) is 1.57. The fraction of sp³-hybridized carbons (Fsp3) is 0.636. The number of allylic oxidation sites excluding steroid dienone is 1. The third-order valence-corrected chi connectivity index (χ3v) is 2.31. The van der Waals surface area contributed by atoms with Gasteiger partial charge < -0.3 is 15.2 Å². The van der Waals surface area contributed by atoms with E-state index in [1.807, 2.05) is 13.8 Å². The minimum atomic E-state index is -0.932. The van der Waals surface area contributed by atoms with Crippen LogP contribution in [0.1, 0.15) is 26.7 Å². The van der Waals surface area contributed by atoms with Crippen molar-refractivity contribution in [2.75, 3.05) is 6.54 Å². The quantitative estimate of drug-likeness (QED) is 0.693. The predicted molar refractivity (Wildman–Crippen MR) is 58.0 cm³/mol. The number of carbonyl (C=O) groups is 2. The van der Waals surface area contributed by atoms with E-state index in [0.29, 0.717) is 19.4 Å². The molecular formula is C11H17NO4. The zero-order valence-electron chi connectivity index (χ0n) is 9.53. The Labute approximate surface area is 94.5 Å². The maximum absolute atomic E-state index is 11.3. The Kier molecular flexibility index (Phi) is 4.49. The lowest BCUT2D eigenvalue weighted by Crippen LogP contribution is -2.32. The van der Waals surface area contributed by atoms with Crippen molar-refractivity contribution < 1.29 is 19.4 Å². The molecule has 1 fully saturated rings. The van der Waals surface area contributed by atoms with Crippen LogP contribution in [0.3, 0.4) is 0 Å². The third kappa shape index (κ3) is 4.02. The highest BCUT2D eigenvalue weighted by atomic mass is 16.5. The van der Waals surface area contributed by atoms with E-state index in [4.69, 9.17) is 9.84 Å². The van der Waals surface area contributed by atoms with E-state index >= 15 is 0 Å². The molecule has 0 spiro atoms. The smallest absolute Gasteiger partial charge is 0.332 e. The van der Waals surface area contributed by atoms with Crippen LogP contribution < -0.4 is 5.32 Å². The first-order valence-electron chi connectivity index (χ1n) is 5.30. The summed E-state index contributed by atoms with van der Waals surface area (Å²) >= 11 is 0. The topological polar surface area (TPSA) is 75.6 Å². The molecule has 16 heavy (non-hydrogen) atoms. The number of rotatable bonds is 4. The van der Waals surface area contributed by atoms with Gasteiger partial charge in [0, 0.05) is 12.6 Å². The van der Waals surface area contributed by atoms with Gasteiger partial charge in [0.15, 0.2) is 6.10 Å². The van der Waals surface area contributed by atoms with Crippen molar-refractivity contribution in [2.45, 2.75) is 38.9 Å². The molecule has 1 aliphatic heterocycles. The molecule has 5 heteroatoms. The third-order valence-electron chi connectivity index (χ3n) is 2.31. The molecule has 2 atom stereocenters. The van der Waals surface area contributed by atoms with E-state index in [9.17, 15) is 9.59 Å². The first kappa shape index (κ1) is 12.7. The van der Waals surface area contributed by atoms with Crippen LogP contribution in [0.4, 0.5) is 0 Å². The van der Waals surface area contributed by atoms with Crippen LogP contribution in [0, 0.1) is 0 Å². The Bertz CT molecular complexity index is 307. The summed E-state index contributed by atoms with van der Waals surface area (Å²) in [6.45, 7) is 4.05. The molecule has 1 heterocycles. The van der Waals surface area contributed by atoms with Gasteiger partial charge in [0.1, 0.15) is 0 Å². The molecule has 0 aromatic heterocycles. The second-order valence-corrected chi connectivity index (χ2v) is 4.13. The summed E-state index contributed by atoms with van der Waals surface area (Å²) in [5, 5.41) is 11.4. The van der Waals surface area contributed by atoms with E-state index in [1.165, 1.54) is 6.08 Å². The van der Waals surface area contributed by atoms with Gasteiger partial charge in [-0.3, -0.25) is 4.79 Å². The van der Waals surface area contributed by atoms with Gasteiger partial charge in [-0.2, -0.15) is 0 Å². The summed E-state index contributed by atoms with van der Waals surface area (Å²) in [5.74, 6) is -1.10. The summed E-state index contributed by atoms with van der Waals surface area (Å²) < 4.78 is 5.24. The van der Waals surface area contributed by atoms with Crippen molar-refractivity contribution in [3.8, 4) is 0 Å². The molecule has 1 aliphatic rings. The molecule has 0 aromatic carbocycles. The van der Waals surface area contributed by atoms with Gasteiger partial charge in [0.25, 0.3) is 0 Å². The molecule has 0 aliphatic carbocycles. The zero-order chi connectivity index (χ0) is 12.1. The molecule has 0 radical (unpaired) electrons. The largest absolute Gasteiger partial charge is 0.479 e. The van der Waals surface area contributed by atoms with Gasteiger partial charge >= 0.3 is 5.97 Å². The second-order valence-electron chi connectivity index (χ2n) is 4.13. The SMILES string of the molecule is CC(C)=CC(=O)NCC1CCC(C(=O)O)O1. The number of carboxylic acid groups (broad SMARTS) is 1. The number of amides is 1. The minimum absolute atomic E-state index is 0.164. The lowest BCUT2D eigenvalue weighted by Gasteiger charge is -2.11. The Morgan fingerprint density at radius 2 is 2.12 bits per heavy atom. The Morgan fingerprint density at radius 3 is 2.62 bits per heavy atom. The molecule has 1 rings (SSSR count). The summed E-state index contributed by atoms with van der Waals surface area (Å²) in [5.41, 5.74) is 0.924. The number of hydrogen-bond acceptors (Lipinski definition) is 3. The van der Waals surface area contributed by atoms with Crippen LogP contribution in [-0.4, -0.2) is 35.7 Å². The molecular weight excluding hydrogens is 210 g/mol. The molecule has 5 nitrogen and oxygen atoms in total.